The van der Waals surface area contributed by atoms with Crippen LogP contribution in [0, 0.1) is 0 Å². The molecule has 1 saturated heterocycles. The molecule has 1 fully saturated rings. The molecule has 2 N–H and O–H groups in total. The predicted molar refractivity (Wildman–Crippen MR) is 65.3 cm³/mol. The highest BCUT2D eigenvalue weighted by molar-refractivity contribution is 7.92. The van der Waals surface area contributed by atoms with Crippen LogP contribution in [0.2, 0.25) is 0 Å². The maximum atomic E-state index is 11.7. The van der Waals surface area contributed by atoms with Crippen LogP contribution in [0.5, 0.6) is 0 Å². The average Bonchev–Trinajstić information content (AvgIpc) is 2.81. The van der Waals surface area contributed by atoms with Crippen molar-refractivity contribution in [1.82, 2.24) is 4.98 Å². The van der Waals surface area contributed by atoms with E-state index in [1.165, 1.54) is 11.3 Å². The van der Waals surface area contributed by atoms with E-state index >= 15 is 0 Å². The maximum absolute atomic E-state index is 11.7. The molecule has 1 aromatic rings. The van der Waals surface area contributed by atoms with Crippen LogP contribution in [0.1, 0.15) is 34.4 Å². The third-order valence-corrected chi connectivity index (χ3v) is 6.31. The molecule has 0 amide bonds. The fraction of sp³-hybridized carbons (Fsp3) is 0.700. The molecule has 0 radical (unpaired) electrons. The summed E-state index contributed by atoms with van der Waals surface area (Å²) in [5.41, 5.74) is 5.44. The molecule has 1 atom stereocenters. The van der Waals surface area contributed by atoms with Crippen LogP contribution in [0.25, 0.3) is 0 Å². The summed E-state index contributed by atoms with van der Waals surface area (Å²) in [7, 11) is -2.92. The van der Waals surface area contributed by atoms with Crippen LogP contribution < -0.4 is 5.73 Å². The lowest BCUT2D eigenvalue weighted by Gasteiger charge is -2.03. The van der Waals surface area contributed by atoms with E-state index < -0.39 is 9.84 Å². The number of hydrogen-bond donors (Lipinski definition) is 1. The summed E-state index contributed by atoms with van der Waals surface area (Å²) in [6.07, 6.45) is 5.13. The lowest BCUT2D eigenvalue weighted by Crippen LogP contribution is -2.07. The molecule has 1 aromatic heterocycles. The smallest absolute Gasteiger partial charge is 0.159 e. The van der Waals surface area contributed by atoms with Crippen LogP contribution in [-0.4, -0.2) is 25.7 Å². The maximum Gasteiger partial charge on any atom is 0.159 e. The lowest BCUT2D eigenvalue weighted by molar-refractivity contribution is 0.592. The average molecular weight is 260 g/mol. The van der Waals surface area contributed by atoms with Crippen molar-refractivity contribution >= 4 is 21.2 Å². The predicted octanol–water partition coefficient (Wildman–Crippen LogP) is 1.28. The summed E-state index contributed by atoms with van der Waals surface area (Å²) in [6, 6.07) is 0. The Morgan fingerprint density at radius 2 is 2.38 bits per heavy atom. The SMILES string of the molecule is NCCCc1cnc(C2CCCS2(=O)=O)s1. The molecule has 0 bridgehead atoms. The van der Waals surface area contributed by atoms with Gasteiger partial charge in [0.25, 0.3) is 0 Å². The zero-order valence-electron chi connectivity index (χ0n) is 9.05. The monoisotopic (exact) mass is 260 g/mol. The van der Waals surface area contributed by atoms with Crippen molar-refractivity contribution in [2.45, 2.75) is 30.9 Å². The number of rotatable bonds is 4. The molecule has 2 rings (SSSR count). The molecule has 2 heterocycles. The Balaban J connectivity index is 2.13. The number of sulfone groups is 1. The molecule has 1 unspecified atom stereocenters. The highest BCUT2D eigenvalue weighted by Crippen LogP contribution is 2.36. The molecule has 0 aromatic carbocycles. The molecular weight excluding hydrogens is 244 g/mol. The van der Waals surface area contributed by atoms with Crippen molar-refractivity contribution in [3.63, 3.8) is 0 Å². The van der Waals surface area contributed by atoms with Crippen LogP contribution >= 0.6 is 11.3 Å². The fourth-order valence-corrected chi connectivity index (χ4v) is 5.24. The van der Waals surface area contributed by atoms with Crippen molar-refractivity contribution < 1.29 is 8.42 Å². The number of thiazole rings is 1. The van der Waals surface area contributed by atoms with E-state index in [1.807, 2.05) is 0 Å². The van der Waals surface area contributed by atoms with Gasteiger partial charge in [-0.2, -0.15) is 0 Å². The molecule has 0 aliphatic carbocycles. The Kier molecular flexibility index (Phi) is 3.61. The Bertz CT molecular complexity index is 453. The van der Waals surface area contributed by atoms with Gasteiger partial charge in [0.1, 0.15) is 10.3 Å². The summed E-state index contributed by atoms with van der Waals surface area (Å²) >= 11 is 1.53. The largest absolute Gasteiger partial charge is 0.330 e. The van der Waals surface area contributed by atoms with Gasteiger partial charge in [-0.3, -0.25) is 0 Å². The molecule has 6 heteroatoms. The van der Waals surface area contributed by atoms with Gasteiger partial charge >= 0.3 is 0 Å². The van der Waals surface area contributed by atoms with E-state index in [4.69, 9.17) is 5.73 Å². The normalized spacial score (nSPS) is 23.7. The van der Waals surface area contributed by atoms with Gasteiger partial charge in [-0.15, -0.1) is 11.3 Å². The van der Waals surface area contributed by atoms with Crippen molar-refractivity contribution in [2.75, 3.05) is 12.3 Å². The number of aryl methyl sites for hydroxylation is 1. The minimum Gasteiger partial charge on any atom is -0.330 e. The van der Waals surface area contributed by atoms with Crippen molar-refractivity contribution in [2.24, 2.45) is 5.73 Å². The molecule has 1 aliphatic heterocycles. The van der Waals surface area contributed by atoms with Crippen molar-refractivity contribution in [1.29, 1.82) is 0 Å². The van der Waals surface area contributed by atoms with E-state index in [9.17, 15) is 8.42 Å². The summed E-state index contributed by atoms with van der Waals surface area (Å²) in [5, 5.41) is 0.425. The first-order valence-corrected chi connectivity index (χ1v) is 8.03. The van der Waals surface area contributed by atoms with Crippen LogP contribution in [0.4, 0.5) is 0 Å². The van der Waals surface area contributed by atoms with Gasteiger partial charge in [0, 0.05) is 11.1 Å². The molecule has 0 saturated carbocycles. The van der Waals surface area contributed by atoms with Crippen LogP contribution in [-0.2, 0) is 16.3 Å². The van der Waals surface area contributed by atoms with Crippen molar-refractivity contribution in [3.8, 4) is 0 Å². The number of nitrogens with two attached hydrogens (primary N) is 1. The van der Waals surface area contributed by atoms with Crippen LogP contribution in [0.3, 0.4) is 0 Å². The fourth-order valence-electron chi connectivity index (χ4n) is 1.93. The Morgan fingerprint density at radius 3 is 3.00 bits per heavy atom. The molecule has 4 nitrogen and oxygen atoms in total. The molecular formula is C10H16N2O2S2. The Labute approximate surface area is 99.8 Å². The standard InChI is InChI=1S/C10H16N2O2S2/c11-5-1-3-8-7-12-10(15-8)9-4-2-6-16(9,13)14/h7,9H,1-6,11H2. The first-order valence-electron chi connectivity index (χ1n) is 5.50. The van der Waals surface area contributed by atoms with E-state index in [0.717, 1.165) is 35.6 Å². The first-order chi connectivity index (χ1) is 7.63. The van der Waals surface area contributed by atoms with Crippen molar-refractivity contribution in [3.05, 3.63) is 16.1 Å². The summed E-state index contributed by atoms with van der Waals surface area (Å²) < 4.78 is 23.5. The second kappa shape index (κ2) is 4.81. The Morgan fingerprint density at radius 1 is 1.56 bits per heavy atom. The molecule has 16 heavy (non-hydrogen) atoms. The number of nitrogens with zero attached hydrogens (tertiary/aromatic N) is 1. The molecule has 0 spiro atoms. The summed E-state index contributed by atoms with van der Waals surface area (Å²) in [5.74, 6) is 0.315. The third kappa shape index (κ3) is 2.44. The summed E-state index contributed by atoms with van der Waals surface area (Å²) in [4.78, 5) is 5.39. The van der Waals surface area contributed by atoms with E-state index in [0.29, 0.717) is 12.3 Å². The highest BCUT2D eigenvalue weighted by Gasteiger charge is 2.34. The zero-order chi connectivity index (χ0) is 11.6. The quantitative estimate of drug-likeness (QED) is 0.885. The van der Waals surface area contributed by atoms with Gasteiger partial charge in [-0.05, 0) is 32.2 Å². The Hall–Kier alpha value is -0.460. The minimum atomic E-state index is -2.92. The van der Waals surface area contributed by atoms with Gasteiger partial charge in [0.05, 0.1) is 5.75 Å². The third-order valence-electron chi connectivity index (χ3n) is 2.80. The van der Waals surface area contributed by atoms with E-state index in [-0.39, 0.29) is 5.25 Å². The molecule has 90 valence electrons. The number of aromatic nitrogens is 1. The van der Waals surface area contributed by atoms with E-state index in [1.54, 1.807) is 6.20 Å². The minimum absolute atomic E-state index is 0.315. The second-order valence-corrected chi connectivity index (χ2v) is 7.50. The van der Waals surface area contributed by atoms with Crippen LogP contribution in [0.15, 0.2) is 6.20 Å². The number of hydrogen-bond acceptors (Lipinski definition) is 5. The highest BCUT2D eigenvalue weighted by atomic mass is 32.2. The second-order valence-electron chi connectivity index (χ2n) is 4.05. The van der Waals surface area contributed by atoms with Gasteiger partial charge in [0.2, 0.25) is 0 Å². The van der Waals surface area contributed by atoms with Gasteiger partial charge in [-0.1, -0.05) is 0 Å². The zero-order valence-corrected chi connectivity index (χ0v) is 10.7. The van der Waals surface area contributed by atoms with E-state index in [2.05, 4.69) is 4.98 Å². The first kappa shape index (κ1) is 12.0. The van der Waals surface area contributed by atoms with Gasteiger partial charge < -0.3 is 5.73 Å². The van der Waals surface area contributed by atoms with Gasteiger partial charge in [0.15, 0.2) is 9.84 Å². The lowest BCUT2D eigenvalue weighted by atomic mass is 10.3. The summed E-state index contributed by atoms with van der Waals surface area (Å²) in [6.45, 7) is 0.662. The topological polar surface area (TPSA) is 73.0 Å². The molecule has 1 aliphatic rings. The van der Waals surface area contributed by atoms with Gasteiger partial charge in [-0.25, -0.2) is 13.4 Å².